The lowest BCUT2D eigenvalue weighted by molar-refractivity contribution is -0.0504. The highest BCUT2D eigenvalue weighted by atomic mass is 127. The average molecular weight is 1480 g/mol. The van der Waals surface area contributed by atoms with Crippen molar-refractivity contribution in [1.29, 1.82) is 5.26 Å². The van der Waals surface area contributed by atoms with Crippen molar-refractivity contribution in [1.82, 2.24) is 13.7 Å². The van der Waals surface area contributed by atoms with E-state index in [4.69, 9.17) is 4.79 Å². The van der Waals surface area contributed by atoms with Crippen molar-refractivity contribution in [3.63, 3.8) is 0 Å². The Morgan fingerprint density at radius 1 is 0.527 bits per heavy atom. The molecule has 0 atom stereocenters. The van der Waals surface area contributed by atoms with Crippen LogP contribution in [-0.2, 0) is 63.7 Å². The molecule has 0 saturated heterocycles. The minimum absolute atomic E-state index is 0.00183. The van der Waals surface area contributed by atoms with E-state index in [1.54, 1.807) is 106 Å². The summed E-state index contributed by atoms with van der Waals surface area (Å²) in [6.45, 7) is 3.94. The number of anilines is 3. The first kappa shape index (κ1) is 73.7. The third-order valence-electron chi connectivity index (χ3n) is 12.7. The number of benzene rings is 6. The van der Waals surface area contributed by atoms with E-state index < -0.39 is 59.1 Å². The number of fused-ring (bicyclic) bond motifs is 3. The molecule has 3 N–H and O–H groups in total. The van der Waals surface area contributed by atoms with Gasteiger partial charge in [-0.3, -0.25) is 14.2 Å². The summed E-state index contributed by atoms with van der Waals surface area (Å²) in [5, 5.41) is 12.3. The summed E-state index contributed by atoms with van der Waals surface area (Å²) in [6.07, 6.45) is 2.69. The number of nitrogens with one attached hydrogen (secondary N) is 3. The number of rotatable bonds is 21. The lowest BCUT2D eigenvalue weighted by atomic mass is 10.1. The summed E-state index contributed by atoms with van der Waals surface area (Å²) >= 11 is 2.17. The lowest BCUT2D eigenvalue weighted by Gasteiger charge is -2.11. The van der Waals surface area contributed by atoms with Gasteiger partial charge in [0.25, 0.3) is 6.08 Å². The molecule has 0 radical (unpaired) electrons. The Hall–Kier alpha value is -7.99. The maximum atomic E-state index is 12.6. The van der Waals surface area contributed by atoms with Gasteiger partial charge in [0.05, 0.1) is 45.1 Å². The Balaban J connectivity index is 0.000000222. The maximum Gasteiger partial charge on any atom is 0.387 e. The first-order valence-electron chi connectivity index (χ1n) is 27.1. The van der Waals surface area contributed by atoms with E-state index in [2.05, 4.69) is 72.1 Å². The quantitative estimate of drug-likeness (QED) is 0.0199. The molecule has 0 amide bonds. The first-order valence-corrected chi connectivity index (χ1v) is 35.4. The van der Waals surface area contributed by atoms with Crippen LogP contribution < -0.4 is 28.4 Å². The van der Waals surface area contributed by atoms with Crippen molar-refractivity contribution in [3.8, 4) is 45.8 Å². The fourth-order valence-corrected chi connectivity index (χ4v) is 11.0. The number of aromatic nitrogens is 3. The number of isocyanates is 1. The highest BCUT2D eigenvalue weighted by molar-refractivity contribution is 14.1. The zero-order valence-electron chi connectivity index (χ0n) is 49.1. The van der Waals surface area contributed by atoms with E-state index in [0.717, 1.165) is 49.3 Å². The average Bonchev–Trinajstić information content (AvgIpc) is 1.62. The molecule has 9 aromatic rings. The van der Waals surface area contributed by atoms with Crippen molar-refractivity contribution in [2.75, 3.05) is 31.4 Å². The summed E-state index contributed by atoms with van der Waals surface area (Å²) in [5.41, 5.74) is 7.38. The number of aryl methyl sites for hydroxylation is 3. The summed E-state index contributed by atoms with van der Waals surface area (Å²) in [5.74, 6) is 0.383. The molecule has 0 saturated carbocycles. The van der Waals surface area contributed by atoms with Crippen LogP contribution in [0.2, 0.25) is 0 Å². The van der Waals surface area contributed by atoms with Crippen LogP contribution in [-0.4, -0.2) is 90.5 Å². The van der Waals surface area contributed by atoms with Crippen LogP contribution in [0.4, 0.5) is 43.4 Å². The monoisotopic (exact) mass is 1480 g/mol. The third kappa shape index (κ3) is 22.1. The first-order chi connectivity index (χ1) is 42.9. The van der Waals surface area contributed by atoms with E-state index in [1.807, 2.05) is 77.1 Å². The van der Waals surface area contributed by atoms with E-state index >= 15 is 0 Å². The molecule has 0 unspecified atom stereocenters. The van der Waals surface area contributed by atoms with Crippen LogP contribution >= 0.6 is 33.3 Å². The van der Waals surface area contributed by atoms with Gasteiger partial charge in [0, 0.05) is 91.8 Å². The minimum atomic E-state index is -4.00. The smallest absolute Gasteiger partial charge is 0.387 e. The molecule has 0 bridgehead atoms. The molecule has 6 aromatic carbocycles. The summed E-state index contributed by atoms with van der Waals surface area (Å²) < 4.78 is 192. The van der Waals surface area contributed by atoms with Gasteiger partial charge in [0.1, 0.15) is 23.3 Å². The van der Waals surface area contributed by atoms with Gasteiger partial charge in [-0.15, -0.1) is 0 Å². The molecule has 0 aliphatic heterocycles. The van der Waals surface area contributed by atoms with Crippen molar-refractivity contribution >= 4 is 128 Å². The molecule has 20 nitrogen and oxygen atoms in total. The fraction of sp³-hybridized carbons (Fsp3) is 0.254. The zero-order valence-corrected chi connectivity index (χ0v) is 55.3. The normalized spacial score (nSPS) is 11.4. The highest BCUT2D eigenvalue weighted by Crippen LogP contribution is 2.37. The predicted molar refractivity (Wildman–Crippen MR) is 350 cm³/mol. The number of carbonyl (C=O) groups excluding carboxylic acids is 1. The number of alkyl halides is 6. The Kier molecular flexibility index (Phi) is 27.0. The van der Waals surface area contributed by atoms with E-state index in [-0.39, 0.29) is 34.5 Å². The van der Waals surface area contributed by atoms with E-state index in [1.165, 1.54) is 18.2 Å². The third-order valence-corrected chi connectivity index (χ3v) is 17.8. The Bertz CT molecular complexity index is 4490. The number of nitriles is 1. The standard InChI is InChI=1S/C20H19F2N3O3S.C19H20F2N2O3S.C11H11F2NO.C8H10INO2S.CClNO3S/c1-3-25-18-11-15(28-20(21)22)9-10-16(18)17(12-23)19(25)13-5-7-14(8-6-13)24-29(26,27)4-2;1-3-23-17(11-14-7-10-16(12-18(14)23)26-19(20)21)13-5-8-15(9-6-13)22-27(24,25)4-2;1-2-14-6-5-8-3-4-9(7-10(8)14)15-11(12)13;1-2-13(11,12)10-8-5-3-7(9)4-6-8;2-7(5,6)3-1-4/h5-11,20,24H,3-4H2,1-2H3;5-12,19,22H,3-4H2,1-2H3;3-7,11H,2H2,1H3;3-6,10H,2H2,1H3;. The topological polar surface area (TPSA) is 268 Å². The van der Waals surface area contributed by atoms with Crippen molar-refractivity contribution in [2.24, 2.45) is 4.40 Å². The lowest BCUT2D eigenvalue weighted by Crippen LogP contribution is -2.14. The molecular formula is C59H60ClF6IN8O12S4. The molecule has 3 aromatic heterocycles. The molecule has 0 spiro atoms. The van der Waals surface area contributed by atoms with Crippen molar-refractivity contribution < 1.29 is 79.0 Å². The molecule has 3 heterocycles. The Morgan fingerprint density at radius 2 is 0.945 bits per heavy atom. The summed E-state index contributed by atoms with van der Waals surface area (Å²) in [6, 6.07) is 41.3. The van der Waals surface area contributed by atoms with Gasteiger partial charge < -0.3 is 27.9 Å². The largest absolute Gasteiger partial charge is 0.435 e. The van der Waals surface area contributed by atoms with E-state index in [0.29, 0.717) is 57.9 Å². The van der Waals surface area contributed by atoms with Crippen LogP contribution in [0.5, 0.6) is 17.2 Å². The second-order valence-electron chi connectivity index (χ2n) is 18.5. The SMILES string of the molecule is CCS(=O)(=O)Nc1ccc(I)cc1.CCn1c(-c2ccc(NS(=O)(=O)CC)cc2)c(C#N)c2ccc(OC(F)F)cc21.CCn1c(-c2ccc(NS(=O)(=O)CC)cc2)cc2ccc(OC(F)F)cc21.CCn1ccc2ccc(OC(F)F)cc21.O=C=NS(=O)(=O)Cl. The second kappa shape index (κ2) is 33.4. The molecule has 9 rings (SSSR count). The number of hydrogen-bond donors (Lipinski definition) is 3. The highest BCUT2D eigenvalue weighted by Gasteiger charge is 2.21. The zero-order chi connectivity index (χ0) is 67.4. The van der Waals surface area contributed by atoms with Gasteiger partial charge in [0.15, 0.2) is 0 Å². The number of halogens is 8. The molecular weight excluding hydrogens is 1420 g/mol. The molecule has 32 heteroatoms. The van der Waals surface area contributed by atoms with Gasteiger partial charge in [-0.2, -0.15) is 40.0 Å². The molecule has 488 valence electrons. The molecule has 91 heavy (non-hydrogen) atoms. The van der Waals surface area contributed by atoms with Crippen LogP contribution in [0.1, 0.15) is 47.1 Å². The van der Waals surface area contributed by atoms with Gasteiger partial charge in [0.2, 0.25) is 30.1 Å². The fourth-order valence-electron chi connectivity index (χ4n) is 8.58. The molecule has 0 fully saturated rings. The number of sulfonamides is 3. The van der Waals surface area contributed by atoms with Crippen LogP contribution in [0.15, 0.2) is 150 Å². The second-order valence-corrected chi connectivity index (χ2v) is 27.9. The number of ether oxygens (including phenoxy) is 3. The van der Waals surface area contributed by atoms with Gasteiger partial charge in [-0.05, 0) is 178 Å². The Morgan fingerprint density at radius 3 is 1.34 bits per heavy atom. The van der Waals surface area contributed by atoms with Crippen molar-refractivity contribution in [2.45, 2.75) is 81.0 Å². The summed E-state index contributed by atoms with van der Waals surface area (Å²) in [7, 11) is -9.48. The van der Waals surface area contributed by atoms with Gasteiger partial charge in [-0.25, -0.2) is 30.0 Å². The molecule has 0 aliphatic rings. The van der Waals surface area contributed by atoms with E-state index in [9.17, 15) is 65.3 Å². The van der Waals surface area contributed by atoms with Gasteiger partial charge >= 0.3 is 29.1 Å². The van der Waals surface area contributed by atoms with Crippen molar-refractivity contribution in [3.05, 3.63) is 155 Å². The number of hydrogen-bond acceptors (Lipinski definition) is 13. The van der Waals surface area contributed by atoms with Crippen LogP contribution in [0.3, 0.4) is 0 Å². The summed E-state index contributed by atoms with van der Waals surface area (Å²) in [4.78, 5) is 9.07. The molecule has 0 aliphatic carbocycles. The predicted octanol–water partition coefficient (Wildman–Crippen LogP) is 14.4. The number of nitrogens with zero attached hydrogens (tertiary/aromatic N) is 5. The van der Waals surface area contributed by atoms with Crippen LogP contribution in [0.25, 0.3) is 55.2 Å². The maximum absolute atomic E-state index is 12.6. The Labute approximate surface area is 540 Å². The van der Waals surface area contributed by atoms with Gasteiger partial charge in [-0.1, -0.05) is 28.7 Å². The minimum Gasteiger partial charge on any atom is -0.435 e. The van der Waals surface area contributed by atoms with Crippen LogP contribution in [0, 0.1) is 14.9 Å².